The van der Waals surface area contributed by atoms with Crippen LogP contribution in [0.1, 0.15) is 25.3 Å². The molecule has 0 spiro atoms. The third kappa shape index (κ3) is 6.70. The molecule has 0 bridgehead atoms. The summed E-state index contributed by atoms with van der Waals surface area (Å²) in [6.45, 7) is 3.78. The number of nitrogens with zero attached hydrogens (tertiary/aromatic N) is 2. The lowest BCUT2D eigenvalue weighted by Gasteiger charge is -2.29. The summed E-state index contributed by atoms with van der Waals surface area (Å²) in [4.78, 5) is 14.8. The van der Waals surface area contributed by atoms with E-state index in [2.05, 4.69) is 17.3 Å². The zero-order valence-corrected chi connectivity index (χ0v) is 19.2. The number of amides is 1. The van der Waals surface area contributed by atoms with E-state index in [1.54, 1.807) is 24.3 Å². The number of ether oxygens (including phenoxy) is 1. The topological polar surface area (TPSA) is 79.0 Å². The van der Waals surface area contributed by atoms with Crippen LogP contribution in [-0.2, 0) is 21.2 Å². The van der Waals surface area contributed by atoms with Crippen molar-refractivity contribution in [2.75, 3.05) is 42.6 Å². The maximum atomic E-state index is 12.5. The second-order valence-corrected chi connectivity index (χ2v) is 9.89. The summed E-state index contributed by atoms with van der Waals surface area (Å²) >= 11 is 0. The number of piperidine rings is 1. The SMILES string of the molecule is CCc1ccc(N(CC(=O)Nc2ccc(OC3CCN(C)CC3)cc2)S(C)(=O)=O)cc1. The maximum absolute atomic E-state index is 12.5. The van der Waals surface area contributed by atoms with Crippen molar-refractivity contribution in [3.8, 4) is 5.75 Å². The van der Waals surface area contributed by atoms with Gasteiger partial charge in [-0.2, -0.15) is 0 Å². The molecular formula is C23H31N3O4S. The van der Waals surface area contributed by atoms with E-state index in [0.29, 0.717) is 11.4 Å². The second kappa shape index (κ2) is 10.2. The first-order valence-electron chi connectivity index (χ1n) is 10.6. The Balaban J connectivity index is 1.60. The van der Waals surface area contributed by atoms with Gasteiger partial charge >= 0.3 is 0 Å². The van der Waals surface area contributed by atoms with Gasteiger partial charge in [-0.3, -0.25) is 9.10 Å². The van der Waals surface area contributed by atoms with Gasteiger partial charge in [-0.25, -0.2) is 8.42 Å². The minimum absolute atomic E-state index is 0.207. The van der Waals surface area contributed by atoms with Crippen LogP contribution in [0.5, 0.6) is 5.75 Å². The molecule has 0 radical (unpaired) electrons. The van der Waals surface area contributed by atoms with Crippen molar-refractivity contribution < 1.29 is 17.9 Å². The molecule has 1 saturated heterocycles. The van der Waals surface area contributed by atoms with Crippen molar-refractivity contribution in [2.45, 2.75) is 32.3 Å². The number of carbonyl (C=O) groups excluding carboxylic acids is 1. The molecule has 3 rings (SSSR count). The minimum atomic E-state index is -3.60. The summed E-state index contributed by atoms with van der Waals surface area (Å²) in [5.74, 6) is 0.357. The van der Waals surface area contributed by atoms with Crippen molar-refractivity contribution in [1.29, 1.82) is 0 Å². The molecule has 1 fully saturated rings. The first-order chi connectivity index (χ1) is 14.7. The molecule has 1 heterocycles. The molecule has 1 aliphatic rings. The Labute approximate surface area is 185 Å². The van der Waals surface area contributed by atoms with Crippen molar-refractivity contribution >= 4 is 27.3 Å². The number of hydrogen-bond donors (Lipinski definition) is 1. The van der Waals surface area contributed by atoms with E-state index < -0.39 is 15.9 Å². The van der Waals surface area contributed by atoms with Crippen molar-refractivity contribution in [3.63, 3.8) is 0 Å². The van der Waals surface area contributed by atoms with Gasteiger partial charge in [0.1, 0.15) is 18.4 Å². The highest BCUT2D eigenvalue weighted by molar-refractivity contribution is 7.92. The van der Waals surface area contributed by atoms with Crippen molar-refractivity contribution in [2.24, 2.45) is 0 Å². The Kier molecular flexibility index (Phi) is 7.56. The smallest absolute Gasteiger partial charge is 0.245 e. The van der Waals surface area contributed by atoms with Crippen LogP contribution in [0, 0.1) is 0 Å². The fraction of sp³-hybridized carbons (Fsp3) is 0.435. The number of carbonyl (C=O) groups is 1. The molecule has 0 unspecified atom stereocenters. The van der Waals surface area contributed by atoms with E-state index in [9.17, 15) is 13.2 Å². The summed E-state index contributed by atoms with van der Waals surface area (Å²) in [7, 11) is -1.49. The minimum Gasteiger partial charge on any atom is -0.490 e. The Hall–Kier alpha value is -2.58. The largest absolute Gasteiger partial charge is 0.490 e. The van der Waals surface area contributed by atoms with E-state index in [4.69, 9.17) is 4.74 Å². The molecule has 0 saturated carbocycles. The normalized spacial score (nSPS) is 15.5. The molecule has 168 valence electrons. The van der Waals surface area contributed by atoms with Crippen LogP contribution in [0.4, 0.5) is 11.4 Å². The third-order valence-electron chi connectivity index (χ3n) is 5.43. The fourth-order valence-corrected chi connectivity index (χ4v) is 4.40. The number of sulfonamides is 1. The summed E-state index contributed by atoms with van der Waals surface area (Å²) in [5, 5.41) is 2.77. The van der Waals surface area contributed by atoms with E-state index >= 15 is 0 Å². The summed E-state index contributed by atoms with van der Waals surface area (Å²) in [5.41, 5.74) is 2.16. The number of benzene rings is 2. The highest BCUT2D eigenvalue weighted by Gasteiger charge is 2.21. The van der Waals surface area contributed by atoms with Gasteiger partial charge in [0.05, 0.1) is 11.9 Å². The summed E-state index contributed by atoms with van der Waals surface area (Å²) in [6, 6.07) is 14.4. The highest BCUT2D eigenvalue weighted by atomic mass is 32.2. The third-order valence-corrected chi connectivity index (χ3v) is 6.57. The Morgan fingerprint density at radius 2 is 1.71 bits per heavy atom. The van der Waals surface area contributed by atoms with Crippen LogP contribution in [0.15, 0.2) is 48.5 Å². The molecule has 2 aromatic rings. The average molecular weight is 446 g/mol. The number of likely N-dealkylation sites (tertiary alicyclic amines) is 1. The van der Waals surface area contributed by atoms with Gasteiger partial charge in [-0.15, -0.1) is 0 Å². The summed E-state index contributed by atoms with van der Waals surface area (Å²) in [6.07, 6.45) is 4.16. The van der Waals surface area contributed by atoms with Crippen LogP contribution in [-0.4, -0.2) is 58.3 Å². The number of nitrogens with one attached hydrogen (secondary N) is 1. The molecule has 0 aromatic heterocycles. The second-order valence-electron chi connectivity index (χ2n) is 7.98. The number of aryl methyl sites for hydroxylation is 1. The maximum Gasteiger partial charge on any atom is 0.245 e. The van der Waals surface area contributed by atoms with Crippen LogP contribution in [0.3, 0.4) is 0 Å². The van der Waals surface area contributed by atoms with Crippen LogP contribution >= 0.6 is 0 Å². The van der Waals surface area contributed by atoms with Gasteiger partial charge in [-0.1, -0.05) is 19.1 Å². The number of rotatable bonds is 8. The van der Waals surface area contributed by atoms with Crippen molar-refractivity contribution in [3.05, 3.63) is 54.1 Å². The van der Waals surface area contributed by atoms with Crippen molar-refractivity contribution in [1.82, 2.24) is 4.90 Å². The average Bonchev–Trinajstić information content (AvgIpc) is 2.74. The number of hydrogen-bond acceptors (Lipinski definition) is 5. The highest BCUT2D eigenvalue weighted by Crippen LogP contribution is 2.22. The zero-order chi connectivity index (χ0) is 22.4. The first kappa shape index (κ1) is 23.1. The van der Waals surface area contributed by atoms with Crippen LogP contribution < -0.4 is 14.4 Å². The molecule has 1 N–H and O–H groups in total. The van der Waals surface area contributed by atoms with Gasteiger partial charge in [0.15, 0.2) is 0 Å². The molecule has 0 aliphatic carbocycles. The molecule has 1 amide bonds. The number of anilines is 2. The molecule has 31 heavy (non-hydrogen) atoms. The Morgan fingerprint density at radius 1 is 1.10 bits per heavy atom. The first-order valence-corrected chi connectivity index (χ1v) is 12.4. The van der Waals surface area contributed by atoms with Crippen LogP contribution in [0.2, 0.25) is 0 Å². The van der Waals surface area contributed by atoms with Gasteiger partial charge < -0.3 is 15.0 Å². The van der Waals surface area contributed by atoms with Gasteiger partial charge in [0.25, 0.3) is 0 Å². The molecular weight excluding hydrogens is 414 g/mol. The lowest BCUT2D eigenvalue weighted by atomic mass is 10.1. The van der Waals surface area contributed by atoms with Gasteiger partial charge in [-0.05, 0) is 68.3 Å². The lowest BCUT2D eigenvalue weighted by molar-refractivity contribution is -0.114. The molecule has 1 aliphatic heterocycles. The van der Waals surface area contributed by atoms with E-state index in [0.717, 1.165) is 54.2 Å². The fourth-order valence-electron chi connectivity index (χ4n) is 3.54. The van der Waals surface area contributed by atoms with E-state index in [1.165, 1.54) is 0 Å². The molecule has 2 aromatic carbocycles. The predicted octanol–water partition coefficient (Wildman–Crippen LogP) is 3.13. The zero-order valence-electron chi connectivity index (χ0n) is 18.4. The Morgan fingerprint density at radius 3 is 2.26 bits per heavy atom. The van der Waals surface area contributed by atoms with Crippen LogP contribution in [0.25, 0.3) is 0 Å². The van der Waals surface area contributed by atoms with E-state index in [-0.39, 0.29) is 12.6 Å². The molecule has 0 atom stereocenters. The monoisotopic (exact) mass is 445 g/mol. The Bertz CT molecular complexity index is 967. The van der Waals surface area contributed by atoms with E-state index in [1.807, 2.05) is 31.2 Å². The summed E-state index contributed by atoms with van der Waals surface area (Å²) < 4.78 is 31.6. The lowest BCUT2D eigenvalue weighted by Crippen LogP contribution is -2.37. The predicted molar refractivity (Wildman–Crippen MR) is 124 cm³/mol. The quantitative estimate of drug-likeness (QED) is 0.675. The molecule has 7 nitrogen and oxygen atoms in total. The molecule has 8 heteroatoms. The van der Waals surface area contributed by atoms with Gasteiger partial charge in [0, 0.05) is 18.8 Å². The van der Waals surface area contributed by atoms with Gasteiger partial charge in [0.2, 0.25) is 15.9 Å². The standard InChI is InChI=1S/C23H31N3O4S/c1-4-18-5-9-20(10-6-18)26(31(3,28)29)17-23(27)24-19-7-11-21(12-8-19)30-22-13-15-25(2)16-14-22/h5-12,22H,4,13-17H2,1-3H3,(H,24,27).